The summed E-state index contributed by atoms with van der Waals surface area (Å²) in [5.41, 5.74) is 0.389. The maximum Gasteiger partial charge on any atom is 0.230 e. The number of amides is 1. The monoisotopic (exact) mass is 330 g/mol. The van der Waals surface area contributed by atoms with Crippen LogP contribution < -0.4 is 5.32 Å². The Kier molecular flexibility index (Phi) is 4.12. The Labute approximate surface area is 143 Å². The molecular formula is C19H26N2OS. The first kappa shape index (κ1) is 15.5. The quantitative estimate of drug-likeness (QED) is 0.833. The lowest BCUT2D eigenvalue weighted by Gasteiger charge is -2.59. The van der Waals surface area contributed by atoms with Crippen molar-refractivity contribution in [1.29, 1.82) is 0 Å². The fourth-order valence-corrected chi connectivity index (χ4v) is 6.39. The highest BCUT2D eigenvalue weighted by Gasteiger charge is 2.53. The summed E-state index contributed by atoms with van der Waals surface area (Å²) in [6.45, 7) is 2.25. The summed E-state index contributed by atoms with van der Waals surface area (Å²) < 4.78 is 0. The molecule has 0 radical (unpaired) electrons. The van der Waals surface area contributed by atoms with Crippen molar-refractivity contribution < 1.29 is 4.79 Å². The highest BCUT2D eigenvalue weighted by atomic mass is 32.2. The van der Waals surface area contributed by atoms with Gasteiger partial charge >= 0.3 is 0 Å². The van der Waals surface area contributed by atoms with Gasteiger partial charge in [0.05, 0.1) is 10.8 Å². The Bertz CT molecular complexity index is 539. The van der Waals surface area contributed by atoms with Gasteiger partial charge in [-0.25, -0.2) is 4.98 Å². The second kappa shape index (κ2) is 6.12. The van der Waals surface area contributed by atoms with Gasteiger partial charge in [0.25, 0.3) is 0 Å². The van der Waals surface area contributed by atoms with E-state index in [1.807, 2.05) is 18.2 Å². The van der Waals surface area contributed by atoms with Crippen molar-refractivity contribution in [3.05, 3.63) is 24.4 Å². The lowest BCUT2D eigenvalue weighted by Crippen LogP contribution is -2.56. The number of hydrogen-bond donors (Lipinski definition) is 1. The van der Waals surface area contributed by atoms with Gasteiger partial charge in [-0.2, -0.15) is 0 Å². The van der Waals surface area contributed by atoms with Crippen LogP contribution in [-0.2, 0) is 4.79 Å². The number of rotatable bonds is 5. The molecular weight excluding hydrogens is 304 g/mol. The maximum absolute atomic E-state index is 12.4. The van der Waals surface area contributed by atoms with E-state index in [1.54, 1.807) is 6.20 Å². The van der Waals surface area contributed by atoms with E-state index in [-0.39, 0.29) is 5.91 Å². The second-order valence-electron chi connectivity index (χ2n) is 8.03. The van der Waals surface area contributed by atoms with Crippen LogP contribution in [0, 0.1) is 23.2 Å². The van der Waals surface area contributed by atoms with Gasteiger partial charge in [0.2, 0.25) is 5.91 Å². The summed E-state index contributed by atoms with van der Waals surface area (Å²) in [5, 5.41) is 4.24. The largest absolute Gasteiger partial charge is 0.352 e. The van der Waals surface area contributed by atoms with Crippen LogP contribution in [0.5, 0.6) is 0 Å². The number of nitrogens with one attached hydrogen (secondary N) is 1. The minimum Gasteiger partial charge on any atom is -0.352 e. The number of carbonyl (C=O) groups excluding carboxylic acids is 1. The molecule has 0 unspecified atom stereocenters. The summed E-state index contributed by atoms with van der Waals surface area (Å²) >= 11 is 1.52. The van der Waals surface area contributed by atoms with E-state index >= 15 is 0 Å². The van der Waals surface area contributed by atoms with Crippen LogP contribution in [0.3, 0.4) is 0 Å². The molecule has 124 valence electrons. The van der Waals surface area contributed by atoms with Crippen LogP contribution in [0.2, 0.25) is 0 Å². The number of thioether (sulfide) groups is 1. The van der Waals surface area contributed by atoms with Gasteiger partial charge in [0.1, 0.15) is 0 Å². The number of pyridine rings is 1. The molecule has 0 aromatic carbocycles. The molecule has 3 nitrogen and oxygen atoms in total. The lowest BCUT2D eigenvalue weighted by molar-refractivity contribution is -0.123. The number of hydrogen-bond acceptors (Lipinski definition) is 3. The minimum atomic E-state index is 0.156. The van der Waals surface area contributed by atoms with E-state index in [4.69, 9.17) is 0 Å². The first-order valence-corrected chi connectivity index (χ1v) is 9.95. The van der Waals surface area contributed by atoms with E-state index in [0.29, 0.717) is 17.2 Å². The van der Waals surface area contributed by atoms with Crippen molar-refractivity contribution in [3.63, 3.8) is 0 Å². The van der Waals surface area contributed by atoms with Crippen LogP contribution in [-0.4, -0.2) is 22.7 Å². The average molecular weight is 330 g/mol. The van der Waals surface area contributed by atoms with Crippen LogP contribution in [0.25, 0.3) is 0 Å². The van der Waals surface area contributed by atoms with Crippen molar-refractivity contribution in [2.24, 2.45) is 23.2 Å². The number of nitrogens with zero attached hydrogens (tertiary/aromatic N) is 1. The normalized spacial score (nSPS) is 36.0. The van der Waals surface area contributed by atoms with Crippen molar-refractivity contribution in [1.82, 2.24) is 10.3 Å². The molecule has 5 rings (SSSR count). The molecule has 1 heterocycles. The van der Waals surface area contributed by atoms with Crippen LogP contribution in [0.1, 0.15) is 45.4 Å². The third-order valence-electron chi connectivity index (χ3n) is 6.37. The number of carbonyl (C=O) groups is 1. The molecule has 4 saturated carbocycles. The van der Waals surface area contributed by atoms with Gasteiger partial charge in [-0.15, -0.1) is 0 Å². The highest BCUT2D eigenvalue weighted by molar-refractivity contribution is 7.99. The number of aromatic nitrogens is 1. The van der Waals surface area contributed by atoms with Gasteiger partial charge < -0.3 is 5.32 Å². The molecule has 4 bridgehead atoms. The molecule has 4 aliphatic rings. The van der Waals surface area contributed by atoms with Crippen LogP contribution in [0.4, 0.5) is 0 Å². The van der Waals surface area contributed by atoms with E-state index in [0.717, 1.165) is 22.8 Å². The Morgan fingerprint density at radius 3 is 2.48 bits per heavy atom. The molecule has 0 aliphatic heterocycles. The fourth-order valence-electron chi connectivity index (χ4n) is 5.72. The fraction of sp³-hybridized carbons (Fsp3) is 0.684. The molecule has 1 amide bonds. The zero-order valence-corrected chi connectivity index (χ0v) is 14.6. The highest BCUT2D eigenvalue weighted by Crippen LogP contribution is 2.61. The summed E-state index contributed by atoms with van der Waals surface area (Å²) in [6.07, 6.45) is 10.2. The Hall–Kier alpha value is -1.03. The molecule has 4 aliphatic carbocycles. The first-order valence-electron chi connectivity index (χ1n) is 8.96. The van der Waals surface area contributed by atoms with Gasteiger partial charge in [0.15, 0.2) is 0 Å². The predicted molar refractivity (Wildman–Crippen MR) is 93.2 cm³/mol. The smallest absolute Gasteiger partial charge is 0.230 e. The topological polar surface area (TPSA) is 42.0 Å². The minimum absolute atomic E-state index is 0.156. The molecule has 0 saturated heterocycles. The van der Waals surface area contributed by atoms with E-state index < -0.39 is 0 Å². The molecule has 4 heteroatoms. The van der Waals surface area contributed by atoms with Gasteiger partial charge in [-0.1, -0.05) is 17.8 Å². The van der Waals surface area contributed by atoms with E-state index in [2.05, 4.69) is 17.2 Å². The molecule has 0 spiro atoms. The summed E-state index contributed by atoms with van der Waals surface area (Å²) in [4.78, 5) is 16.6. The summed E-state index contributed by atoms with van der Waals surface area (Å²) in [7, 11) is 0. The van der Waals surface area contributed by atoms with Crippen molar-refractivity contribution >= 4 is 17.7 Å². The molecule has 4 fully saturated rings. The van der Waals surface area contributed by atoms with Crippen molar-refractivity contribution in [3.8, 4) is 0 Å². The standard InChI is InChI=1S/C19H26N2OS/c1-13(21-17(22)12-23-18-4-2-3-5-20-18)19-9-14-6-15(10-19)8-16(7-14)11-19/h2-5,13-16H,6-12H2,1H3,(H,21,22)/t13-,14?,15?,16?,19?/m0/s1. The second-order valence-corrected chi connectivity index (χ2v) is 9.02. The van der Waals surface area contributed by atoms with Crippen molar-refractivity contribution in [2.45, 2.75) is 56.5 Å². The molecule has 1 aromatic heterocycles. The first-order chi connectivity index (χ1) is 11.1. The SMILES string of the molecule is C[C@H](NC(=O)CSc1ccccn1)C12CC3CC(CC(C3)C1)C2. The molecule has 1 aromatic rings. The predicted octanol–water partition coefficient (Wildman–Crippen LogP) is 3.89. The Morgan fingerprint density at radius 2 is 1.91 bits per heavy atom. The summed E-state index contributed by atoms with van der Waals surface area (Å²) in [5.74, 6) is 3.42. The van der Waals surface area contributed by atoms with E-state index in [9.17, 15) is 4.79 Å². The third-order valence-corrected chi connectivity index (χ3v) is 7.31. The van der Waals surface area contributed by atoms with Crippen LogP contribution in [0.15, 0.2) is 29.4 Å². The molecule has 23 heavy (non-hydrogen) atoms. The zero-order chi connectivity index (χ0) is 15.9. The molecule has 1 N–H and O–H groups in total. The molecule has 1 atom stereocenters. The van der Waals surface area contributed by atoms with Gasteiger partial charge in [-0.3, -0.25) is 4.79 Å². The third kappa shape index (κ3) is 3.15. The lowest BCUT2D eigenvalue weighted by atomic mass is 9.48. The zero-order valence-electron chi connectivity index (χ0n) is 13.8. The van der Waals surface area contributed by atoms with Crippen LogP contribution >= 0.6 is 11.8 Å². The van der Waals surface area contributed by atoms with E-state index in [1.165, 1.54) is 50.3 Å². The maximum atomic E-state index is 12.4. The van der Waals surface area contributed by atoms with Gasteiger partial charge in [0, 0.05) is 12.2 Å². The van der Waals surface area contributed by atoms with Gasteiger partial charge in [-0.05, 0) is 80.8 Å². The van der Waals surface area contributed by atoms with Crippen molar-refractivity contribution in [2.75, 3.05) is 5.75 Å². The summed E-state index contributed by atoms with van der Waals surface area (Å²) in [6, 6.07) is 6.14. The Balaban J connectivity index is 1.34. The average Bonchev–Trinajstić information content (AvgIpc) is 2.52. The Morgan fingerprint density at radius 1 is 1.26 bits per heavy atom.